The van der Waals surface area contributed by atoms with Gasteiger partial charge in [-0.1, -0.05) is 13.8 Å². The summed E-state index contributed by atoms with van der Waals surface area (Å²) >= 11 is 2.02. The van der Waals surface area contributed by atoms with Gasteiger partial charge in [0, 0.05) is 43.5 Å². The molecule has 1 aliphatic rings. The normalized spacial score (nSPS) is 15.8. The van der Waals surface area contributed by atoms with Gasteiger partial charge >= 0.3 is 0 Å². The Bertz CT molecular complexity index is 603. The molecule has 1 saturated heterocycles. The fourth-order valence-corrected chi connectivity index (χ4v) is 3.67. The van der Waals surface area contributed by atoms with E-state index in [4.69, 9.17) is 4.98 Å². The number of aromatic nitrogens is 4. The third-order valence-corrected chi connectivity index (χ3v) is 4.74. The van der Waals surface area contributed by atoms with Gasteiger partial charge in [0.2, 0.25) is 0 Å². The summed E-state index contributed by atoms with van der Waals surface area (Å²) < 4.78 is 2.16. The lowest BCUT2D eigenvalue weighted by molar-refractivity contribution is 0.744. The minimum Gasteiger partial charge on any atom is -0.355 e. The highest BCUT2D eigenvalue weighted by molar-refractivity contribution is 7.99. The molecule has 114 valence electrons. The summed E-state index contributed by atoms with van der Waals surface area (Å²) in [6.07, 6.45) is 4.10. The Morgan fingerprint density at radius 2 is 1.76 bits per heavy atom. The number of fused-ring (bicyclic) bond motifs is 1. The molecule has 6 heteroatoms. The van der Waals surface area contributed by atoms with Crippen LogP contribution >= 0.6 is 11.8 Å². The van der Waals surface area contributed by atoms with Crippen LogP contribution < -0.4 is 4.90 Å². The van der Waals surface area contributed by atoms with E-state index < -0.39 is 0 Å². The SMILES string of the molecule is CCCc1nnc2cc(N3CCSCC3)nc(CCC)n12. The van der Waals surface area contributed by atoms with E-state index in [0.717, 1.165) is 61.9 Å². The van der Waals surface area contributed by atoms with Crippen LogP contribution in [0.5, 0.6) is 0 Å². The first-order valence-corrected chi connectivity index (χ1v) is 9.05. The zero-order valence-corrected chi connectivity index (χ0v) is 13.7. The fraction of sp³-hybridized carbons (Fsp3) is 0.667. The van der Waals surface area contributed by atoms with Crippen LogP contribution in [0.4, 0.5) is 5.82 Å². The second-order valence-corrected chi connectivity index (χ2v) is 6.66. The number of hydrogen-bond acceptors (Lipinski definition) is 5. The average molecular weight is 305 g/mol. The van der Waals surface area contributed by atoms with E-state index in [1.807, 2.05) is 11.8 Å². The van der Waals surface area contributed by atoms with E-state index in [9.17, 15) is 0 Å². The third-order valence-electron chi connectivity index (χ3n) is 3.80. The highest BCUT2D eigenvalue weighted by atomic mass is 32.2. The van der Waals surface area contributed by atoms with Gasteiger partial charge in [0.25, 0.3) is 0 Å². The van der Waals surface area contributed by atoms with Crippen molar-refractivity contribution in [3.8, 4) is 0 Å². The summed E-state index contributed by atoms with van der Waals surface area (Å²) in [5, 5.41) is 8.74. The predicted octanol–water partition coefficient (Wildman–Crippen LogP) is 2.58. The van der Waals surface area contributed by atoms with Crippen molar-refractivity contribution < 1.29 is 0 Å². The molecule has 1 fully saturated rings. The monoisotopic (exact) mass is 305 g/mol. The van der Waals surface area contributed by atoms with Gasteiger partial charge in [-0.15, -0.1) is 10.2 Å². The van der Waals surface area contributed by atoms with Crippen LogP contribution in [0.1, 0.15) is 38.3 Å². The topological polar surface area (TPSA) is 46.3 Å². The smallest absolute Gasteiger partial charge is 0.165 e. The molecule has 1 aliphatic heterocycles. The lowest BCUT2D eigenvalue weighted by Gasteiger charge is -2.27. The highest BCUT2D eigenvalue weighted by Gasteiger charge is 2.17. The zero-order valence-electron chi connectivity index (χ0n) is 12.9. The number of thioether (sulfide) groups is 1. The predicted molar refractivity (Wildman–Crippen MR) is 88.3 cm³/mol. The number of hydrogen-bond donors (Lipinski definition) is 0. The van der Waals surface area contributed by atoms with Gasteiger partial charge in [0.15, 0.2) is 5.65 Å². The van der Waals surface area contributed by atoms with Crippen molar-refractivity contribution in [2.24, 2.45) is 0 Å². The molecule has 0 atom stereocenters. The van der Waals surface area contributed by atoms with Crippen molar-refractivity contribution >= 4 is 23.2 Å². The van der Waals surface area contributed by atoms with E-state index in [2.05, 4.69) is 39.4 Å². The molecule has 0 N–H and O–H groups in total. The number of aryl methyl sites for hydroxylation is 2. The highest BCUT2D eigenvalue weighted by Crippen LogP contribution is 2.21. The molecule has 2 aromatic rings. The quantitative estimate of drug-likeness (QED) is 0.849. The Kier molecular flexibility index (Phi) is 4.63. The minimum absolute atomic E-state index is 0.949. The molecule has 2 aromatic heterocycles. The van der Waals surface area contributed by atoms with Gasteiger partial charge in [-0.2, -0.15) is 11.8 Å². The third kappa shape index (κ3) is 3.00. The molecule has 0 bridgehead atoms. The largest absolute Gasteiger partial charge is 0.355 e. The second kappa shape index (κ2) is 6.64. The van der Waals surface area contributed by atoms with Crippen molar-refractivity contribution in [3.05, 3.63) is 17.7 Å². The van der Waals surface area contributed by atoms with Crippen molar-refractivity contribution in [2.75, 3.05) is 29.5 Å². The molecular weight excluding hydrogens is 282 g/mol. The van der Waals surface area contributed by atoms with Crippen LogP contribution in [0, 0.1) is 0 Å². The number of nitrogens with zero attached hydrogens (tertiary/aromatic N) is 5. The molecule has 0 radical (unpaired) electrons. The van der Waals surface area contributed by atoms with Crippen LogP contribution in [0.15, 0.2) is 6.07 Å². The van der Waals surface area contributed by atoms with Crippen molar-refractivity contribution in [1.29, 1.82) is 0 Å². The maximum Gasteiger partial charge on any atom is 0.165 e. The molecule has 0 unspecified atom stereocenters. The molecule has 21 heavy (non-hydrogen) atoms. The molecular formula is C15H23N5S. The summed E-state index contributed by atoms with van der Waals surface area (Å²) in [7, 11) is 0. The molecule has 0 saturated carbocycles. The van der Waals surface area contributed by atoms with E-state index in [1.165, 1.54) is 11.5 Å². The summed E-state index contributed by atoms with van der Waals surface area (Å²) in [6.45, 7) is 6.53. The van der Waals surface area contributed by atoms with Gasteiger partial charge in [-0.25, -0.2) is 4.98 Å². The lowest BCUT2D eigenvalue weighted by atomic mass is 10.3. The van der Waals surface area contributed by atoms with Crippen molar-refractivity contribution in [3.63, 3.8) is 0 Å². The Morgan fingerprint density at radius 3 is 2.48 bits per heavy atom. The van der Waals surface area contributed by atoms with E-state index >= 15 is 0 Å². The molecule has 3 heterocycles. The van der Waals surface area contributed by atoms with Crippen LogP contribution in [-0.2, 0) is 12.8 Å². The summed E-state index contributed by atoms with van der Waals surface area (Å²) in [5.74, 6) is 5.59. The molecule has 0 amide bonds. The Morgan fingerprint density at radius 1 is 1.05 bits per heavy atom. The number of anilines is 1. The van der Waals surface area contributed by atoms with E-state index in [1.54, 1.807) is 0 Å². The lowest BCUT2D eigenvalue weighted by Crippen LogP contribution is -2.33. The first-order valence-electron chi connectivity index (χ1n) is 7.90. The van der Waals surface area contributed by atoms with Gasteiger partial charge in [-0.05, 0) is 12.8 Å². The molecule has 0 spiro atoms. The van der Waals surface area contributed by atoms with Crippen molar-refractivity contribution in [1.82, 2.24) is 19.6 Å². The van der Waals surface area contributed by atoms with E-state index in [0.29, 0.717) is 0 Å². The molecule has 5 nitrogen and oxygen atoms in total. The van der Waals surface area contributed by atoms with Crippen LogP contribution in [0.2, 0.25) is 0 Å². The Hall–Kier alpha value is -1.30. The summed E-state index contributed by atoms with van der Waals surface area (Å²) in [6, 6.07) is 2.10. The molecule has 0 aliphatic carbocycles. The first-order chi connectivity index (χ1) is 10.3. The van der Waals surface area contributed by atoms with Crippen LogP contribution in [-0.4, -0.2) is 44.2 Å². The van der Waals surface area contributed by atoms with Gasteiger partial charge in [-0.3, -0.25) is 4.40 Å². The molecule has 3 rings (SSSR count). The zero-order chi connectivity index (χ0) is 14.7. The maximum absolute atomic E-state index is 4.93. The number of rotatable bonds is 5. The van der Waals surface area contributed by atoms with Gasteiger partial charge < -0.3 is 4.90 Å². The average Bonchev–Trinajstić information content (AvgIpc) is 2.92. The van der Waals surface area contributed by atoms with Gasteiger partial charge in [0.05, 0.1) is 0 Å². The summed E-state index contributed by atoms with van der Waals surface area (Å²) in [5.41, 5.74) is 0.949. The van der Waals surface area contributed by atoms with E-state index in [-0.39, 0.29) is 0 Å². The standard InChI is InChI=1S/C15H23N5S/c1-3-5-12-16-14(19-7-9-21-10-8-19)11-15-18-17-13(6-4-2)20(12)15/h11H,3-10H2,1-2H3. The Balaban J connectivity index is 2.03. The van der Waals surface area contributed by atoms with Crippen LogP contribution in [0.25, 0.3) is 5.65 Å². The van der Waals surface area contributed by atoms with Gasteiger partial charge in [0.1, 0.15) is 17.5 Å². The van der Waals surface area contributed by atoms with Crippen LogP contribution in [0.3, 0.4) is 0 Å². The first kappa shape index (κ1) is 14.6. The maximum atomic E-state index is 4.93. The fourth-order valence-electron chi connectivity index (χ4n) is 2.77. The molecule has 0 aromatic carbocycles. The minimum atomic E-state index is 0.949. The van der Waals surface area contributed by atoms with Crippen molar-refractivity contribution in [2.45, 2.75) is 39.5 Å². The second-order valence-electron chi connectivity index (χ2n) is 5.44. The Labute approximate surface area is 130 Å². The summed E-state index contributed by atoms with van der Waals surface area (Å²) in [4.78, 5) is 7.31.